The molecule has 3 amide bonds. The van der Waals surface area contributed by atoms with Crippen LogP contribution in [0.1, 0.15) is 82.6 Å². The van der Waals surface area contributed by atoms with Crippen LogP contribution in [0.25, 0.3) is 11.3 Å². The number of carbonyl (C=O) groups is 4. The van der Waals surface area contributed by atoms with Crippen molar-refractivity contribution in [2.75, 3.05) is 11.9 Å². The number of aldehydes is 1. The molecule has 6 rings (SSSR count). The number of imide groups is 1. The Morgan fingerprint density at radius 2 is 1.90 bits per heavy atom. The summed E-state index contributed by atoms with van der Waals surface area (Å²) in [6, 6.07) is 8.01. The maximum atomic E-state index is 13.1. The molecule has 1 aliphatic heterocycles. The second kappa shape index (κ2) is 10.7. The lowest BCUT2D eigenvalue weighted by atomic mass is 9.80. The van der Waals surface area contributed by atoms with Crippen molar-refractivity contribution in [2.24, 2.45) is 11.7 Å². The van der Waals surface area contributed by atoms with Crippen LogP contribution < -0.4 is 11.1 Å². The predicted octanol–water partition coefficient (Wildman–Crippen LogP) is 4.28. The maximum absolute atomic E-state index is 13.1. The number of primary amides is 1. The molecule has 0 radical (unpaired) electrons. The Morgan fingerprint density at radius 3 is 2.59 bits per heavy atom. The number of aromatic nitrogens is 3. The van der Waals surface area contributed by atoms with Crippen LogP contribution in [0.4, 0.5) is 5.69 Å². The molecular formula is C30H31ClN6O4. The summed E-state index contributed by atoms with van der Waals surface area (Å²) in [5.74, 6) is -1.03. The van der Waals surface area contributed by atoms with Crippen LogP contribution in [-0.2, 0) is 9.59 Å². The van der Waals surface area contributed by atoms with Gasteiger partial charge in [0.1, 0.15) is 12.3 Å². The number of rotatable bonds is 11. The van der Waals surface area contributed by atoms with Gasteiger partial charge in [-0.2, -0.15) is 5.10 Å². The van der Waals surface area contributed by atoms with Gasteiger partial charge in [-0.3, -0.25) is 28.9 Å². The van der Waals surface area contributed by atoms with E-state index in [1.165, 1.54) is 0 Å². The number of benzene rings is 1. The van der Waals surface area contributed by atoms with Crippen LogP contribution in [-0.4, -0.2) is 56.3 Å². The normalized spacial score (nSPS) is 20.5. The Hall–Kier alpha value is -4.05. The van der Waals surface area contributed by atoms with Crippen molar-refractivity contribution in [3.05, 3.63) is 64.1 Å². The number of fused-ring (bicyclic) bond motifs is 1. The third-order valence-corrected chi connectivity index (χ3v) is 8.72. The summed E-state index contributed by atoms with van der Waals surface area (Å²) < 4.78 is 2.10. The summed E-state index contributed by atoms with van der Waals surface area (Å²) in [6.07, 6.45) is 7.04. The van der Waals surface area contributed by atoms with E-state index < -0.39 is 23.8 Å². The topological polar surface area (TPSA) is 140 Å². The zero-order chi connectivity index (χ0) is 28.8. The monoisotopic (exact) mass is 574 g/mol. The smallest absolute Gasteiger partial charge is 0.262 e. The van der Waals surface area contributed by atoms with Crippen LogP contribution >= 0.6 is 11.6 Å². The average Bonchev–Trinajstić information content (AvgIpc) is 3.64. The number of nitrogens with one attached hydrogen (secondary N) is 1. The van der Waals surface area contributed by atoms with Gasteiger partial charge in [0.15, 0.2) is 0 Å². The van der Waals surface area contributed by atoms with E-state index in [-0.39, 0.29) is 24.0 Å². The first-order chi connectivity index (χ1) is 19.7. The minimum absolute atomic E-state index is 0.00794. The molecule has 3 heterocycles. The summed E-state index contributed by atoms with van der Waals surface area (Å²) in [5.41, 5.74) is 10.6. The Morgan fingerprint density at radius 1 is 1.15 bits per heavy atom. The lowest BCUT2D eigenvalue weighted by Gasteiger charge is -2.35. The van der Waals surface area contributed by atoms with Crippen LogP contribution in [0, 0.1) is 12.8 Å². The molecule has 0 saturated heterocycles. The quantitative estimate of drug-likeness (QED) is 0.257. The van der Waals surface area contributed by atoms with Gasteiger partial charge in [0.2, 0.25) is 5.91 Å². The summed E-state index contributed by atoms with van der Waals surface area (Å²) in [4.78, 5) is 54.2. The molecule has 2 aliphatic carbocycles. The number of hydrogen-bond donors (Lipinski definition) is 2. The summed E-state index contributed by atoms with van der Waals surface area (Å²) in [5, 5.41) is 9.03. The van der Waals surface area contributed by atoms with Crippen molar-refractivity contribution in [3.63, 3.8) is 0 Å². The second-order valence-corrected chi connectivity index (χ2v) is 11.6. The van der Waals surface area contributed by atoms with Crippen molar-refractivity contribution >= 4 is 41.3 Å². The fourth-order valence-corrected chi connectivity index (χ4v) is 5.87. The number of pyridine rings is 1. The summed E-state index contributed by atoms with van der Waals surface area (Å²) in [7, 11) is 0. The second-order valence-electron chi connectivity index (χ2n) is 11.2. The summed E-state index contributed by atoms with van der Waals surface area (Å²) >= 11 is 6.20. The Bertz CT molecular complexity index is 1560. The van der Waals surface area contributed by atoms with Crippen molar-refractivity contribution in [1.29, 1.82) is 0 Å². The lowest BCUT2D eigenvalue weighted by Crippen LogP contribution is -2.47. The molecule has 3 aromatic rings. The van der Waals surface area contributed by atoms with Crippen molar-refractivity contribution in [1.82, 2.24) is 19.7 Å². The highest BCUT2D eigenvalue weighted by Crippen LogP contribution is 2.45. The molecule has 1 aromatic carbocycles. The SMILES string of the molecule is Cc1nc(-c2cn(C3CC(CNc4ccc5c(c4)C(=O)N(C(CCC=O)C(N)=O)C5=O)C3)nc2C2CC2)ccc1Cl. The Kier molecular flexibility index (Phi) is 7.11. The van der Waals surface area contributed by atoms with E-state index in [9.17, 15) is 19.2 Å². The van der Waals surface area contributed by atoms with Crippen LogP contribution in [0.5, 0.6) is 0 Å². The molecule has 3 N–H and O–H groups in total. The number of hydrogen-bond acceptors (Lipinski definition) is 7. The zero-order valence-corrected chi connectivity index (χ0v) is 23.4. The lowest BCUT2D eigenvalue weighted by molar-refractivity contribution is -0.122. The van der Waals surface area contributed by atoms with Gasteiger partial charge < -0.3 is 15.8 Å². The van der Waals surface area contributed by atoms with E-state index in [0.29, 0.717) is 35.7 Å². The maximum Gasteiger partial charge on any atom is 0.262 e. The first-order valence-electron chi connectivity index (χ1n) is 14.0. The summed E-state index contributed by atoms with van der Waals surface area (Å²) in [6.45, 7) is 2.63. The van der Waals surface area contributed by atoms with Gasteiger partial charge in [0.05, 0.1) is 39.3 Å². The van der Waals surface area contributed by atoms with Gasteiger partial charge in [-0.15, -0.1) is 0 Å². The minimum Gasteiger partial charge on any atom is -0.385 e. The van der Waals surface area contributed by atoms with Crippen LogP contribution in [0.2, 0.25) is 5.02 Å². The highest BCUT2D eigenvalue weighted by atomic mass is 35.5. The molecule has 2 saturated carbocycles. The number of halogens is 1. The van der Waals surface area contributed by atoms with Gasteiger partial charge >= 0.3 is 0 Å². The number of nitrogens with two attached hydrogens (primary N) is 1. The fourth-order valence-electron chi connectivity index (χ4n) is 5.76. The van der Waals surface area contributed by atoms with Crippen molar-refractivity contribution in [3.8, 4) is 11.3 Å². The van der Waals surface area contributed by atoms with Gasteiger partial charge in [-0.1, -0.05) is 11.6 Å². The van der Waals surface area contributed by atoms with Crippen LogP contribution in [0.3, 0.4) is 0 Å². The average molecular weight is 575 g/mol. The number of anilines is 1. The number of aryl methyl sites for hydroxylation is 1. The van der Waals surface area contributed by atoms with Crippen LogP contribution in [0.15, 0.2) is 36.5 Å². The van der Waals surface area contributed by atoms with E-state index in [2.05, 4.69) is 16.2 Å². The molecule has 2 aromatic heterocycles. The number of amides is 3. The third-order valence-electron chi connectivity index (χ3n) is 8.32. The zero-order valence-electron chi connectivity index (χ0n) is 22.7. The van der Waals surface area contributed by atoms with Crippen molar-refractivity contribution in [2.45, 2.75) is 63.5 Å². The fraction of sp³-hybridized carbons (Fsp3) is 0.400. The predicted molar refractivity (Wildman–Crippen MR) is 153 cm³/mol. The molecule has 2 fully saturated rings. The molecule has 0 bridgehead atoms. The molecule has 0 spiro atoms. The van der Waals surface area contributed by atoms with Crippen molar-refractivity contribution < 1.29 is 19.2 Å². The molecule has 3 aliphatic rings. The molecular weight excluding hydrogens is 544 g/mol. The minimum atomic E-state index is -1.15. The van der Waals surface area contributed by atoms with Gasteiger partial charge in [0.25, 0.3) is 11.8 Å². The molecule has 1 unspecified atom stereocenters. The standard InChI is InChI=1S/C30H31ClN6O4/c1-16-24(31)8-9-25(34-16)23-15-36(35-27(23)18-4-5-18)20-11-17(12-20)14-33-19-6-7-21-22(13-19)30(41)37(29(21)40)26(28(32)39)3-2-10-38/h6-10,13,15,17-18,20,26,33H,2-5,11-12,14H2,1H3,(H2,32,39). The van der Waals surface area contributed by atoms with E-state index in [0.717, 1.165) is 58.9 Å². The van der Waals surface area contributed by atoms with Gasteiger partial charge in [-0.25, -0.2) is 0 Å². The van der Waals surface area contributed by atoms with Gasteiger partial charge in [0, 0.05) is 36.3 Å². The van der Waals surface area contributed by atoms with E-state index in [1.807, 2.05) is 19.1 Å². The molecule has 41 heavy (non-hydrogen) atoms. The highest BCUT2D eigenvalue weighted by molar-refractivity contribution is 6.31. The number of nitrogens with zero attached hydrogens (tertiary/aromatic N) is 4. The van der Waals surface area contributed by atoms with E-state index in [1.54, 1.807) is 18.2 Å². The largest absolute Gasteiger partial charge is 0.385 e. The number of carbonyl (C=O) groups excluding carboxylic acids is 4. The highest BCUT2D eigenvalue weighted by Gasteiger charge is 2.42. The van der Waals surface area contributed by atoms with E-state index in [4.69, 9.17) is 27.4 Å². The molecule has 10 nitrogen and oxygen atoms in total. The molecule has 11 heteroatoms. The molecule has 212 valence electrons. The first kappa shape index (κ1) is 27.1. The molecule has 1 atom stereocenters. The first-order valence-corrected chi connectivity index (χ1v) is 14.3. The Balaban J connectivity index is 1.09. The van der Waals surface area contributed by atoms with E-state index >= 15 is 0 Å². The Labute approximate surface area is 242 Å². The third kappa shape index (κ3) is 5.12. The van der Waals surface area contributed by atoms with Gasteiger partial charge in [-0.05, 0) is 75.3 Å².